The summed E-state index contributed by atoms with van der Waals surface area (Å²) in [4.78, 5) is 2.56. The van der Waals surface area contributed by atoms with Gasteiger partial charge in [-0.3, -0.25) is 4.55 Å². The van der Waals surface area contributed by atoms with Gasteiger partial charge in [0.25, 0.3) is 0 Å². The summed E-state index contributed by atoms with van der Waals surface area (Å²) in [5, 5.41) is 0. The SMILES string of the molecule is O=S(=O)(O)C(F)(F)F.c1ccc(B2OC(c3ccccc3)(c3ccccc3)[C@H]3CCCN23)cc1. The summed E-state index contributed by atoms with van der Waals surface area (Å²) in [6, 6.07) is 32.5. The lowest BCUT2D eigenvalue weighted by Gasteiger charge is -2.36. The van der Waals surface area contributed by atoms with Crippen LogP contribution in [0.2, 0.25) is 0 Å². The summed E-state index contributed by atoms with van der Waals surface area (Å²) in [6.07, 6.45) is 2.38. The number of fused-ring (bicyclic) bond motifs is 1. The lowest BCUT2D eigenvalue weighted by atomic mass is 9.72. The van der Waals surface area contributed by atoms with Crippen LogP contribution in [0.4, 0.5) is 13.2 Å². The Bertz CT molecular complexity index is 1160. The fourth-order valence-corrected chi connectivity index (χ4v) is 4.76. The fraction of sp³-hybridized carbons (Fsp3) is 0.250. The number of hydrogen-bond donors (Lipinski definition) is 1. The quantitative estimate of drug-likeness (QED) is 0.339. The first kappa shape index (κ1) is 24.5. The highest BCUT2D eigenvalue weighted by atomic mass is 32.2. The van der Waals surface area contributed by atoms with Gasteiger partial charge in [0.15, 0.2) is 0 Å². The van der Waals surface area contributed by atoms with Gasteiger partial charge in [-0.1, -0.05) is 91.0 Å². The Morgan fingerprint density at radius 1 is 0.882 bits per heavy atom. The summed E-state index contributed by atoms with van der Waals surface area (Å²) < 4.78 is 64.5. The van der Waals surface area contributed by atoms with Gasteiger partial charge in [-0.2, -0.15) is 21.6 Å². The largest absolute Gasteiger partial charge is 0.522 e. The van der Waals surface area contributed by atoms with Crippen LogP contribution >= 0.6 is 0 Å². The molecule has 10 heteroatoms. The molecule has 178 valence electrons. The van der Waals surface area contributed by atoms with Gasteiger partial charge in [0, 0.05) is 6.04 Å². The zero-order chi connectivity index (χ0) is 24.4. The van der Waals surface area contributed by atoms with E-state index >= 15 is 0 Å². The first-order valence-electron chi connectivity index (χ1n) is 10.8. The maximum absolute atomic E-state index is 10.7. The number of halogens is 3. The molecule has 2 heterocycles. The summed E-state index contributed by atoms with van der Waals surface area (Å²) in [5.74, 6) is 0. The third-order valence-corrected chi connectivity index (χ3v) is 6.73. The van der Waals surface area contributed by atoms with Gasteiger partial charge in [-0.05, 0) is 36.0 Å². The normalized spacial score (nSPS) is 19.9. The second kappa shape index (κ2) is 9.54. The summed E-state index contributed by atoms with van der Waals surface area (Å²) in [5.41, 5.74) is -2.21. The van der Waals surface area contributed by atoms with Crippen LogP contribution in [-0.2, 0) is 20.4 Å². The monoisotopic (exact) mass is 489 g/mol. The first-order chi connectivity index (χ1) is 16.1. The van der Waals surface area contributed by atoms with Crippen LogP contribution in [0.25, 0.3) is 0 Å². The van der Waals surface area contributed by atoms with E-state index in [-0.39, 0.29) is 7.05 Å². The highest BCUT2D eigenvalue weighted by molar-refractivity contribution is 7.86. The third-order valence-electron chi connectivity index (χ3n) is 6.14. The molecule has 3 aromatic rings. The highest BCUT2D eigenvalue weighted by Gasteiger charge is 2.58. The molecule has 0 bridgehead atoms. The van der Waals surface area contributed by atoms with E-state index in [9.17, 15) is 13.2 Å². The van der Waals surface area contributed by atoms with Crippen molar-refractivity contribution in [1.29, 1.82) is 0 Å². The van der Waals surface area contributed by atoms with Crippen LogP contribution in [0.1, 0.15) is 24.0 Å². The summed E-state index contributed by atoms with van der Waals surface area (Å²) >= 11 is 0. The molecule has 1 atom stereocenters. The van der Waals surface area contributed by atoms with Gasteiger partial charge in [0.2, 0.25) is 0 Å². The Labute approximate surface area is 197 Å². The zero-order valence-electron chi connectivity index (χ0n) is 18.1. The molecule has 0 aliphatic carbocycles. The molecule has 0 saturated carbocycles. The molecule has 2 aliphatic rings. The minimum absolute atomic E-state index is 0.00381. The second-order valence-corrected chi connectivity index (χ2v) is 9.58. The average molecular weight is 489 g/mol. The van der Waals surface area contributed by atoms with Crippen LogP contribution in [-0.4, -0.2) is 42.9 Å². The van der Waals surface area contributed by atoms with E-state index in [2.05, 4.69) is 95.8 Å². The Hall–Kier alpha value is -2.66. The van der Waals surface area contributed by atoms with E-state index in [1.165, 1.54) is 23.0 Å². The number of alkyl halides is 3. The molecule has 3 aromatic carbocycles. The predicted molar refractivity (Wildman–Crippen MR) is 124 cm³/mol. The molecule has 0 unspecified atom stereocenters. The van der Waals surface area contributed by atoms with E-state index in [0.717, 1.165) is 13.0 Å². The molecule has 1 N–H and O–H groups in total. The maximum Gasteiger partial charge on any atom is 0.522 e. The average Bonchev–Trinajstić information content (AvgIpc) is 3.42. The van der Waals surface area contributed by atoms with Crippen LogP contribution in [0.15, 0.2) is 91.0 Å². The molecule has 2 saturated heterocycles. The van der Waals surface area contributed by atoms with Gasteiger partial charge < -0.3 is 9.47 Å². The molecular formula is C24H23BF3NO4S. The van der Waals surface area contributed by atoms with Crippen molar-refractivity contribution in [2.45, 2.75) is 30.0 Å². The van der Waals surface area contributed by atoms with Crippen LogP contribution < -0.4 is 5.46 Å². The molecular weight excluding hydrogens is 466 g/mol. The van der Waals surface area contributed by atoms with Gasteiger partial charge >= 0.3 is 22.7 Å². The molecule has 5 nitrogen and oxygen atoms in total. The predicted octanol–water partition coefficient (Wildman–Crippen LogP) is 4.21. The van der Waals surface area contributed by atoms with Crippen LogP contribution in [0.3, 0.4) is 0 Å². The molecule has 0 aromatic heterocycles. The van der Waals surface area contributed by atoms with E-state index in [1.54, 1.807) is 0 Å². The highest BCUT2D eigenvalue weighted by Crippen LogP contribution is 2.48. The molecule has 0 radical (unpaired) electrons. The van der Waals surface area contributed by atoms with Crippen molar-refractivity contribution >= 4 is 22.6 Å². The van der Waals surface area contributed by atoms with Gasteiger partial charge in [0.05, 0.1) is 0 Å². The molecule has 2 fully saturated rings. The Balaban J connectivity index is 0.000000297. The van der Waals surface area contributed by atoms with E-state index in [0.29, 0.717) is 6.04 Å². The lowest BCUT2D eigenvalue weighted by Crippen LogP contribution is -2.45. The second-order valence-electron chi connectivity index (χ2n) is 8.17. The number of benzene rings is 3. The van der Waals surface area contributed by atoms with Gasteiger partial charge in [-0.15, -0.1) is 0 Å². The number of hydrogen-bond acceptors (Lipinski definition) is 4. The molecule has 0 spiro atoms. The Kier molecular flexibility index (Phi) is 6.86. The van der Waals surface area contributed by atoms with E-state index in [4.69, 9.17) is 17.6 Å². The third kappa shape index (κ3) is 4.63. The zero-order valence-corrected chi connectivity index (χ0v) is 18.9. The van der Waals surface area contributed by atoms with Crippen molar-refractivity contribution in [3.05, 3.63) is 102 Å². The Morgan fingerprint density at radius 2 is 1.32 bits per heavy atom. The van der Waals surface area contributed by atoms with Gasteiger partial charge in [-0.25, -0.2) is 0 Å². The van der Waals surface area contributed by atoms with Crippen molar-refractivity contribution in [3.63, 3.8) is 0 Å². The van der Waals surface area contributed by atoms with Crippen molar-refractivity contribution < 1.29 is 30.8 Å². The minimum atomic E-state index is -5.84. The standard InChI is InChI=1S/C23H22BNO.CHF3O3S/c1-4-11-19(12-5-1)23(20-13-6-2-7-14-20)22-17-10-18-25(22)24(26-23)21-15-8-3-9-16-21;2-1(3,4)8(5,6)7/h1-9,11-16,22H,10,17-18H2;(H,5,6,7)/t22-;/m1./s1. The minimum Gasteiger partial charge on any atom is -0.402 e. The van der Waals surface area contributed by atoms with Crippen molar-refractivity contribution in [1.82, 2.24) is 4.81 Å². The van der Waals surface area contributed by atoms with Crippen molar-refractivity contribution in [2.24, 2.45) is 0 Å². The van der Waals surface area contributed by atoms with Crippen LogP contribution in [0, 0.1) is 0 Å². The van der Waals surface area contributed by atoms with Gasteiger partial charge in [0.1, 0.15) is 5.60 Å². The Morgan fingerprint density at radius 3 is 1.76 bits per heavy atom. The summed E-state index contributed by atoms with van der Waals surface area (Å²) in [7, 11) is -5.84. The first-order valence-corrected chi connectivity index (χ1v) is 12.2. The lowest BCUT2D eigenvalue weighted by molar-refractivity contribution is -0.0510. The molecule has 34 heavy (non-hydrogen) atoms. The van der Waals surface area contributed by atoms with E-state index in [1.807, 2.05) is 0 Å². The van der Waals surface area contributed by atoms with E-state index < -0.39 is 21.2 Å². The topological polar surface area (TPSA) is 66.8 Å². The number of nitrogens with zero attached hydrogens (tertiary/aromatic N) is 1. The molecule has 5 rings (SSSR count). The summed E-state index contributed by atoms with van der Waals surface area (Å²) in [6.45, 7) is 1.09. The van der Waals surface area contributed by atoms with Crippen molar-refractivity contribution in [3.8, 4) is 0 Å². The smallest absolute Gasteiger partial charge is 0.402 e. The number of rotatable bonds is 3. The van der Waals surface area contributed by atoms with Crippen LogP contribution in [0.5, 0.6) is 0 Å². The molecule has 0 amide bonds. The maximum atomic E-state index is 10.7. The fourth-order valence-electron chi connectivity index (χ4n) is 4.76. The van der Waals surface area contributed by atoms with Crippen molar-refractivity contribution in [2.75, 3.05) is 6.54 Å². The molecule has 2 aliphatic heterocycles.